The molecule has 4 heterocycles. The molecule has 0 aliphatic carbocycles. The van der Waals surface area contributed by atoms with E-state index in [9.17, 15) is 9.59 Å². The minimum absolute atomic E-state index is 0.152. The molecule has 0 spiro atoms. The molecule has 0 fully saturated rings. The van der Waals surface area contributed by atoms with Crippen LogP contribution in [0.2, 0.25) is 5.02 Å². The number of thiazole rings is 1. The molecule has 34 heavy (non-hydrogen) atoms. The molecule has 0 aliphatic rings. The van der Waals surface area contributed by atoms with Gasteiger partial charge in [0.25, 0.3) is 11.8 Å². The number of halogens is 1. The molecule has 0 aliphatic heterocycles. The second-order valence-corrected chi connectivity index (χ2v) is 10.1. The van der Waals surface area contributed by atoms with E-state index in [0.29, 0.717) is 31.8 Å². The Morgan fingerprint density at radius 1 is 1.09 bits per heavy atom. The van der Waals surface area contributed by atoms with Crippen LogP contribution in [0.1, 0.15) is 64.6 Å². The number of nitrogens with one attached hydrogen (secondary N) is 2. The number of nitrogens with zero attached hydrogens (tertiary/aromatic N) is 7. The molecule has 2 N–H and O–H groups in total. The van der Waals surface area contributed by atoms with Crippen molar-refractivity contribution in [3.63, 3.8) is 0 Å². The molecule has 11 nitrogen and oxygen atoms in total. The van der Waals surface area contributed by atoms with Gasteiger partial charge in [-0.2, -0.15) is 0 Å². The predicted octanol–water partition coefficient (Wildman–Crippen LogP) is 3.30. The fourth-order valence-corrected chi connectivity index (χ4v) is 4.38. The monoisotopic (exact) mass is 499 g/mol. The van der Waals surface area contributed by atoms with E-state index in [-0.39, 0.29) is 17.1 Å². The van der Waals surface area contributed by atoms with Crippen LogP contribution < -0.4 is 10.6 Å². The SMILES string of the molecule is CC(NC(=O)c1ncnc2ncn(C)c12)c1ncc(C(=O)Nc2ncc(Cl)c(C(C)(C)C)n2)s1. The summed E-state index contributed by atoms with van der Waals surface area (Å²) in [5, 5.41) is 6.53. The highest BCUT2D eigenvalue weighted by molar-refractivity contribution is 7.13. The van der Waals surface area contributed by atoms with Crippen LogP contribution in [0.4, 0.5) is 5.95 Å². The number of anilines is 1. The summed E-state index contributed by atoms with van der Waals surface area (Å²) in [6, 6.07) is -0.462. The third kappa shape index (κ3) is 4.73. The Kier molecular flexibility index (Phi) is 6.28. The lowest BCUT2D eigenvalue weighted by Gasteiger charge is -2.19. The highest BCUT2D eigenvalue weighted by atomic mass is 35.5. The van der Waals surface area contributed by atoms with E-state index in [1.807, 2.05) is 20.8 Å². The summed E-state index contributed by atoms with van der Waals surface area (Å²) in [7, 11) is 1.76. The van der Waals surface area contributed by atoms with Crippen molar-refractivity contribution in [3.05, 3.63) is 51.3 Å². The fourth-order valence-electron chi connectivity index (χ4n) is 3.19. The van der Waals surface area contributed by atoms with Gasteiger partial charge in [-0.25, -0.2) is 29.9 Å². The van der Waals surface area contributed by atoms with Crippen molar-refractivity contribution >= 4 is 51.9 Å². The average molecular weight is 500 g/mol. The first-order valence-electron chi connectivity index (χ1n) is 10.3. The van der Waals surface area contributed by atoms with Crippen molar-refractivity contribution in [2.45, 2.75) is 39.2 Å². The second-order valence-electron chi connectivity index (χ2n) is 8.60. The number of imidazole rings is 1. The molecule has 0 aromatic carbocycles. The Labute approximate surface area is 204 Å². The van der Waals surface area contributed by atoms with Crippen LogP contribution in [0.25, 0.3) is 11.2 Å². The minimum atomic E-state index is -0.462. The number of rotatable bonds is 5. The van der Waals surface area contributed by atoms with Crippen molar-refractivity contribution in [1.82, 2.24) is 39.8 Å². The normalized spacial score (nSPS) is 12.5. The first-order valence-corrected chi connectivity index (χ1v) is 11.5. The van der Waals surface area contributed by atoms with E-state index in [1.165, 1.54) is 18.7 Å². The molecule has 0 saturated carbocycles. The number of hydrogen-bond donors (Lipinski definition) is 2. The van der Waals surface area contributed by atoms with Crippen LogP contribution in [-0.4, -0.2) is 46.3 Å². The molecular weight excluding hydrogens is 478 g/mol. The van der Waals surface area contributed by atoms with Gasteiger partial charge in [0, 0.05) is 12.5 Å². The number of hydrogen-bond acceptors (Lipinski definition) is 9. The van der Waals surface area contributed by atoms with E-state index < -0.39 is 17.9 Å². The molecule has 4 aromatic heterocycles. The van der Waals surface area contributed by atoms with Gasteiger partial charge in [0.2, 0.25) is 5.95 Å². The van der Waals surface area contributed by atoms with Gasteiger partial charge in [-0.1, -0.05) is 32.4 Å². The lowest BCUT2D eigenvalue weighted by atomic mass is 9.92. The van der Waals surface area contributed by atoms with Crippen LogP contribution >= 0.6 is 22.9 Å². The first-order chi connectivity index (χ1) is 16.0. The molecule has 0 saturated heterocycles. The second kappa shape index (κ2) is 9.03. The predicted molar refractivity (Wildman–Crippen MR) is 128 cm³/mol. The molecule has 13 heteroatoms. The lowest BCUT2D eigenvalue weighted by Crippen LogP contribution is -2.28. The maximum atomic E-state index is 12.8. The van der Waals surface area contributed by atoms with Crippen molar-refractivity contribution in [1.29, 1.82) is 0 Å². The van der Waals surface area contributed by atoms with Crippen molar-refractivity contribution in [2.75, 3.05) is 5.32 Å². The number of aromatic nitrogens is 7. The maximum absolute atomic E-state index is 12.8. The molecule has 4 aromatic rings. The van der Waals surface area contributed by atoms with Gasteiger partial charge in [-0.15, -0.1) is 11.3 Å². The summed E-state index contributed by atoms with van der Waals surface area (Å²) in [6.07, 6.45) is 5.78. The Morgan fingerprint density at radius 3 is 2.59 bits per heavy atom. The van der Waals surface area contributed by atoms with Gasteiger partial charge < -0.3 is 9.88 Å². The van der Waals surface area contributed by atoms with Gasteiger partial charge in [0.15, 0.2) is 11.3 Å². The van der Waals surface area contributed by atoms with Crippen molar-refractivity contribution in [2.24, 2.45) is 7.05 Å². The largest absolute Gasteiger partial charge is 0.342 e. The molecular formula is C21H22ClN9O2S. The molecule has 1 atom stereocenters. The highest BCUT2D eigenvalue weighted by Crippen LogP contribution is 2.28. The van der Waals surface area contributed by atoms with E-state index in [2.05, 4.69) is 40.5 Å². The van der Waals surface area contributed by atoms with Gasteiger partial charge in [-0.3, -0.25) is 14.9 Å². The van der Waals surface area contributed by atoms with Crippen LogP contribution in [0, 0.1) is 0 Å². The van der Waals surface area contributed by atoms with Gasteiger partial charge >= 0.3 is 0 Å². The third-order valence-corrected chi connectivity index (χ3v) is 6.32. The van der Waals surface area contributed by atoms with Gasteiger partial charge in [-0.05, 0) is 6.92 Å². The van der Waals surface area contributed by atoms with Crippen LogP contribution in [-0.2, 0) is 12.5 Å². The van der Waals surface area contributed by atoms with Crippen LogP contribution in [0.3, 0.4) is 0 Å². The molecule has 2 amide bonds. The minimum Gasteiger partial charge on any atom is -0.342 e. The quantitative estimate of drug-likeness (QED) is 0.426. The summed E-state index contributed by atoms with van der Waals surface area (Å²) in [4.78, 5) is 51.0. The molecule has 1 unspecified atom stereocenters. The summed E-state index contributed by atoms with van der Waals surface area (Å²) >= 11 is 7.36. The zero-order valence-electron chi connectivity index (χ0n) is 19.1. The Hall–Kier alpha value is -3.51. The van der Waals surface area contributed by atoms with E-state index >= 15 is 0 Å². The Balaban J connectivity index is 1.47. The number of fused-ring (bicyclic) bond motifs is 1. The van der Waals surface area contributed by atoms with E-state index in [4.69, 9.17) is 11.6 Å². The summed E-state index contributed by atoms with van der Waals surface area (Å²) in [5.41, 5.74) is 1.50. The third-order valence-electron chi connectivity index (χ3n) is 4.87. The fraction of sp³-hybridized carbons (Fsp3) is 0.333. The average Bonchev–Trinajstić information content (AvgIpc) is 3.42. The van der Waals surface area contributed by atoms with Gasteiger partial charge in [0.05, 0.1) is 35.5 Å². The number of carbonyl (C=O) groups is 2. The van der Waals surface area contributed by atoms with E-state index in [1.54, 1.807) is 24.9 Å². The lowest BCUT2D eigenvalue weighted by molar-refractivity contribution is 0.0935. The van der Waals surface area contributed by atoms with Crippen molar-refractivity contribution < 1.29 is 9.59 Å². The first kappa shape index (κ1) is 23.6. The van der Waals surface area contributed by atoms with Crippen LogP contribution in [0.5, 0.6) is 0 Å². The Morgan fingerprint density at radius 2 is 1.85 bits per heavy atom. The number of aryl methyl sites for hydroxylation is 1. The zero-order valence-corrected chi connectivity index (χ0v) is 20.7. The van der Waals surface area contributed by atoms with Crippen LogP contribution in [0.15, 0.2) is 25.0 Å². The topological polar surface area (TPSA) is 140 Å². The molecule has 0 bridgehead atoms. The number of carbonyl (C=O) groups excluding carboxylic acids is 2. The van der Waals surface area contributed by atoms with Gasteiger partial charge in [0.1, 0.15) is 21.7 Å². The molecule has 4 rings (SSSR count). The standard InChI is InChI=1S/C21H22ClN9O2S/c1-10(28-18(33)13-14-16(26-8-25-13)27-9-31(14)5)19-23-7-12(34-19)17(32)30-20-24-6-11(22)15(29-20)21(2,3)4/h6-10H,1-5H3,(H,28,33)(H,24,29,30,32). The summed E-state index contributed by atoms with van der Waals surface area (Å²) in [6.45, 7) is 7.69. The zero-order chi connectivity index (χ0) is 24.6. The smallest absolute Gasteiger partial charge is 0.272 e. The summed E-state index contributed by atoms with van der Waals surface area (Å²) < 4.78 is 1.69. The Bertz CT molecular complexity index is 1390. The van der Waals surface area contributed by atoms with E-state index in [0.717, 1.165) is 11.3 Å². The van der Waals surface area contributed by atoms with Crippen molar-refractivity contribution in [3.8, 4) is 0 Å². The number of amides is 2. The molecule has 0 radical (unpaired) electrons. The summed E-state index contributed by atoms with van der Waals surface area (Å²) in [5.74, 6) is -0.648. The molecule has 176 valence electrons. The maximum Gasteiger partial charge on any atom is 0.272 e. The highest BCUT2D eigenvalue weighted by Gasteiger charge is 2.23.